The first-order valence-corrected chi connectivity index (χ1v) is 13.8. The third-order valence-electron chi connectivity index (χ3n) is 8.70. The molecule has 198 valence electrons. The van der Waals surface area contributed by atoms with Crippen LogP contribution < -0.4 is 10.5 Å². The molecule has 4 aromatic rings. The molecular formula is C31H38N6O. The summed E-state index contributed by atoms with van der Waals surface area (Å²) in [6.45, 7) is 8.18. The predicted molar refractivity (Wildman–Crippen MR) is 153 cm³/mol. The van der Waals surface area contributed by atoms with Gasteiger partial charge in [-0.3, -0.25) is 9.80 Å². The molecule has 2 aromatic carbocycles. The molecule has 0 unspecified atom stereocenters. The molecule has 1 saturated carbocycles. The monoisotopic (exact) mass is 510 g/mol. The number of likely N-dealkylation sites (N-methyl/N-ethyl adjacent to an activating group) is 1. The highest BCUT2D eigenvalue weighted by atomic mass is 16.5. The summed E-state index contributed by atoms with van der Waals surface area (Å²) in [4.78, 5) is 14.3. The first-order valence-electron chi connectivity index (χ1n) is 13.8. The van der Waals surface area contributed by atoms with Crippen LogP contribution in [0.4, 0.5) is 5.82 Å². The van der Waals surface area contributed by atoms with E-state index in [1.165, 1.54) is 19.4 Å². The van der Waals surface area contributed by atoms with Crippen LogP contribution in [0.3, 0.4) is 0 Å². The Hall–Kier alpha value is -3.42. The van der Waals surface area contributed by atoms with Crippen molar-refractivity contribution in [2.75, 3.05) is 32.4 Å². The van der Waals surface area contributed by atoms with Crippen molar-refractivity contribution in [3.05, 3.63) is 67.1 Å². The molecule has 38 heavy (non-hydrogen) atoms. The molecule has 0 radical (unpaired) electrons. The van der Waals surface area contributed by atoms with E-state index < -0.39 is 0 Å². The number of benzene rings is 2. The minimum atomic E-state index is 0.233. The van der Waals surface area contributed by atoms with Crippen molar-refractivity contribution in [3.8, 4) is 22.6 Å². The van der Waals surface area contributed by atoms with Crippen molar-refractivity contribution in [1.29, 1.82) is 0 Å². The maximum Gasteiger partial charge on any atom is 0.146 e. The number of anilines is 1. The number of ether oxygens (including phenoxy) is 1. The summed E-state index contributed by atoms with van der Waals surface area (Å²) in [5.41, 5.74) is 9.75. The third-order valence-corrected chi connectivity index (χ3v) is 8.70. The number of para-hydroxylation sites is 1. The second-order valence-electron chi connectivity index (χ2n) is 11.5. The van der Waals surface area contributed by atoms with E-state index in [1.807, 2.05) is 42.5 Å². The number of fused-ring (bicyclic) bond motifs is 1. The van der Waals surface area contributed by atoms with Gasteiger partial charge in [-0.1, -0.05) is 30.3 Å². The van der Waals surface area contributed by atoms with Gasteiger partial charge in [0.05, 0.1) is 5.39 Å². The number of aromatic nitrogens is 3. The first kappa shape index (κ1) is 24.9. The van der Waals surface area contributed by atoms with Crippen LogP contribution >= 0.6 is 0 Å². The predicted octanol–water partition coefficient (Wildman–Crippen LogP) is 5.98. The highest BCUT2D eigenvalue weighted by molar-refractivity contribution is 6.00. The van der Waals surface area contributed by atoms with Crippen LogP contribution in [-0.2, 0) is 0 Å². The van der Waals surface area contributed by atoms with E-state index in [0.29, 0.717) is 17.9 Å². The number of hydrogen-bond donors (Lipinski definition) is 1. The van der Waals surface area contributed by atoms with Gasteiger partial charge in [-0.15, -0.1) is 0 Å². The fourth-order valence-corrected chi connectivity index (χ4v) is 6.22. The van der Waals surface area contributed by atoms with Gasteiger partial charge < -0.3 is 15.0 Å². The number of nitrogen functional groups attached to an aromatic ring is 1. The van der Waals surface area contributed by atoms with Crippen LogP contribution in [-0.4, -0.2) is 62.6 Å². The van der Waals surface area contributed by atoms with Crippen molar-refractivity contribution in [3.63, 3.8) is 0 Å². The van der Waals surface area contributed by atoms with Gasteiger partial charge in [0.1, 0.15) is 29.3 Å². The minimum absolute atomic E-state index is 0.233. The Kier molecular flexibility index (Phi) is 6.58. The molecule has 0 amide bonds. The van der Waals surface area contributed by atoms with Crippen LogP contribution in [0.15, 0.2) is 67.1 Å². The van der Waals surface area contributed by atoms with Gasteiger partial charge in [0, 0.05) is 49.0 Å². The Morgan fingerprint density at radius 2 is 1.55 bits per heavy atom. The summed E-state index contributed by atoms with van der Waals surface area (Å²) in [6, 6.07) is 19.1. The number of piperazine rings is 1. The van der Waals surface area contributed by atoms with Gasteiger partial charge in [0.2, 0.25) is 0 Å². The lowest BCUT2D eigenvalue weighted by Gasteiger charge is -2.49. The SMILES string of the molecule is CN1CCN([C@H]2CC[C@H](n3cc(-c4ccc(Oc5ccccc5)cc4)c4c(N)ncnc43)CC2)CC1(C)C. The van der Waals surface area contributed by atoms with E-state index in [9.17, 15) is 0 Å². The summed E-state index contributed by atoms with van der Waals surface area (Å²) >= 11 is 0. The van der Waals surface area contributed by atoms with Crippen molar-refractivity contribution in [2.45, 2.75) is 57.2 Å². The highest BCUT2D eigenvalue weighted by Gasteiger charge is 2.36. The zero-order valence-corrected chi connectivity index (χ0v) is 22.7. The maximum absolute atomic E-state index is 6.43. The summed E-state index contributed by atoms with van der Waals surface area (Å²) in [7, 11) is 2.25. The van der Waals surface area contributed by atoms with E-state index in [0.717, 1.165) is 59.6 Å². The third kappa shape index (κ3) is 4.76. The Bertz CT molecular complexity index is 1390. The Morgan fingerprint density at radius 1 is 0.868 bits per heavy atom. The lowest BCUT2D eigenvalue weighted by Crippen LogP contribution is -2.60. The largest absolute Gasteiger partial charge is 0.457 e. The number of nitrogens with two attached hydrogens (primary N) is 1. The fraction of sp³-hybridized carbons (Fsp3) is 0.419. The van der Waals surface area contributed by atoms with Crippen LogP contribution in [0.2, 0.25) is 0 Å². The smallest absolute Gasteiger partial charge is 0.146 e. The second-order valence-corrected chi connectivity index (χ2v) is 11.5. The number of hydrogen-bond acceptors (Lipinski definition) is 6. The molecule has 2 fully saturated rings. The van der Waals surface area contributed by atoms with Crippen LogP contribution in [0.5, 0.6) is 11.5 Å². The van der Waals surface area contributed by atoms with Crippen molar-refractivity contribution < 1.29 is 4.74 Å². The molecule has 2 aliphatic rings. The Balaban J connectivity index is 1.23. The van der Waals surface area contributed by atoms with E-state index >= 15 is 0 Å². The van der Waals surface area contributed by atoms with E-state index in [1.54, 1.807) is 6.33 Å². The molecule has 3 heterocycles. The fourth-order valence-electron chi connectivity index (χ4n) is 6.22. The molecule has 1 saturated heterocycles. The molecule has 2 N–H and O–H groups in total. The van der Waals surface area contributed by atoms with Gasteiger partial charge >= 0.3 is 0 Å². The summed E-state index contributed by atoms with van der Waals surface area (Å²) in [5.74, 6) is 2.16. The van der Waals surface area contributed by atoms with Crippen molar-refractivity contribution in [1.82, 2.24) is 24.3 Å². The Labute approximate surface area is 225 Å². The molecule has 0 atom stereocenters. The molecule has 1 aliphatic carbocycles. The summed E-state index contributed by atoms with van der Waals surface area (Å²) in [5, 5.41) is 0.937. The van der Waals surface area contributed by atoms with Gasteiger partial charge in [0.15, 0.2) is 0 Å². The quantitative estimate of drug-likeness (QED) is 0.356. The average molecular weight is 511 g/mol. The van der Waals surface area contributed by atoms with E-state index in [4.69, 9.17) is 15.5 Å². The average Bonchev–Trinajstić information content (AvgIpc) is 3.32. The van der Waals surface area contributed by atoms with Crippen LogP contribution in [0.1, 0.15) is 45.6 Å². The minimum Gasteiger partial charge on any atom is -0.457 e. The number of nitrogens with zero attached hydrogens (tertiary/aromatic N) is 5. The van der Waals surface area contributed by atoms with Gasteiger partial charge in [-0.2, -0.15) is 0 Å². The topological polar surface area (TPSA) is 72.4 Å². The molecule has 0 spiro atoms. The lowest BCUT2D eigenvalue weighted by molar-refractivity contribution is 0.00474. The van der Waals surface area contributed by atoms with Gasteiger partial charge in [-0.25, -0.2) is 9.97 Å². The lowest BCUT2D eigenvalue weighted by atomic mass is 9.88. The number of rotatable bonds is 5. The van der Waals surface area contributed by atoms with Crippen molar-refractivity contribution >= 4 is 16.9 Å². The van der Waals surface area contributed by atoms with Crippen LogP contribution in [0, 0.1) is 0 Å². The van der Waals surface area contributed by atoms with Gasteiger partial charge in [-0.05, 0) is 76.4 Å². The molecule has 6 rings (SSSR count). The van der Waals surface area contributed by atoms with Gasteiger partial charge in [0.25, 0.3) is 0 Å². The standard InChI is InChI=1S/C31H38N6O/c1-31(2)20-36(18-17-35(31)3)23-11-13-24(14-12-23)37-19-27(28-29(32)33-21-34-30(28)37)22-9-15-26(16-10-22)38-25-7-5-4-6-8-25/h4-10,15-16,19,21,23-24H,11-14,17-18,20H2,1-3H3,(H2,32,33,34)/t23-,24-. The van der Waals surface area contributed by atoms with E-state index in [-0.39, 0.29) is 5.54 Å². The molecule has 1 aliphatic heterocycles. The Morgan fingerprint density at radius 3 is 2.26 bits per heavy atom. The maximum atomic E-state index is 6.43. The van der Waals surface area contributed by atoms with E-state index in [2.05, 4.69) is 58.6 Å². The first-order chi connectivity index (χ1) is 18.4. The van der Waals surface area contributed by atoms with Crippen molar-refractivity contribution in [2.24, 2.45) is 0 Å². The molecule has 2 aromatic heterocycles. The van der Waals surface area contributed by atoms with Crippen LogP contribution in [0.25, 0.3) is 22.2 Å². The molecule has 7 nitrogen and oxygen atoms in total. The molecule has 7 heteroatoms. The summed E-state index contributed by atoms with van der Waals surface area (Å²) < 4.78 is 8.36. The second kappa shape index (κ2) is 10.0. The summed E-state index contributed by atoms with van der Waals surface area (Å²) in [6.07, 6.45) is 8.55. The molecular weight excluding hydrogens is 472 g/mol. The zero-order chi connectivity index (χ0) is 26.3. The molecule has 0 bridgehead atoms. The highest BCUT2D eigenvalue weighted by Crippen LogP contribution is 2.40. The zero-order valence-electron chi connectivity index (χ0n) is 22.7. The normalized spacial score (nSPS) is 22.5.